The average Bonchev–Trinajstić information content (AvgIpc) is 2.25. The molecule has 0 amide bonds. The van der Waals surface area contributed by atoms with E-state index in [1.165, 1.54) is 32.2 Å². The molecule has 14 heavy (non-hydrogen) atoms. The zero-order chi connectivity index (χ0) is 10.2. The molecule has 0 aliphatic carbocycles. The largest absolute Gasteiger partial charge is 0.469 e. The highest BCUT2D eigenvalue weighted by atomic mass is 32.2. The number of esters is 1. The Morgan fingerprint density at radius 2 is 2.50 bits per heavy atom. The number of carbonyl (C=O) groups excluding carboxylic acids is 1. The molecule has 0 bridgehead atoms. The van der Waals surface area contributed by atoms with E-state index in [1.807, 2.05) is 11.8 Å². The minimum Gasteiger partial charge on any atom is -0.469 e. The Morgan fingerprint density at radius 1 is 1.64 bits per heavy atom. The maximum absolute atomic E-state index is 10.8. The second kappa shape index (κ2) is 7.12. The van der Waals surface area contributed by atoms with Crippen molar-refractivity contribution in [3.8, 4) is 0 Å². The second-order valence-electron chi connectivity index (χ2n) is 3.61. The molecule has 1 fully saturated rings. The van der Waals surface area contributed by atoms with Crippen LogP contribution in [-0.2, 0) is 9.53 Å². The van der Waals surface area contributed by atoms with E-state index in [9.17, 15) is 4.79 Å². The van der Waals surface area contributed by atoms with Gasteiger partial charge in [0.25, 0.3) is 0 Å². The van der Waals surface area contributed by atoms with E-state index >= 15 is 0 Å². The summed E-state index contributed by atoms with van der Waals surface area (Å²) in [6.07, 6.45) is 3.17. The summed E-state index contributed by atoms with van der Waals surface area (Å²) >= 11 is 1.86. The Hall–Kier alpha value is -0.220. The average molecular weight is 217 g/mol. The van der Waals surface area contributed by atoms with Crippen molar-refractivity contribution < 1.29 is 9.53 Å². The third-order valence-corrected chi connectivity index (χ3v) is 3.63. The summed E-state index contributed by atoms with van der Waals surface area (Å²) in [7, 11) is 1.44. The third-order valence-electron chi connectivity index (χ3n) is 2.43. The Kier molecular flexibility index (Phi) is 6.03. The van der Waals surface area contributed by atoms with E-state index in [4.69, 9.17) is 0 Å². The van der Waals surface area contributed by atoms with Gasteiger partial charge in [-0.25, -0.2) is 0 Å². The van der Waals surface area contributed by atoms with Crippen molar-refractivity contribution in [1.29, 1.82) is 0 Å². The molecule has 1 heterocycles. The molecule has 0 aromatic heterocycles. The molecule has 1 aliphatic rings. The summed E-state index contributed by atoms with van der Waals surface area (Å²) in [6, 6.07) is 0. The summed E-state index contributed by atoms with van der Waals surface area (Å²) < 4.78 is 4.58. The van der Waals surface area contributed by atoms with Crippen molar-refractivity contribution in [1.82, 2.24) is 5.32 Å². The molecule has 3 nitrogen and oxygen atoms in total. The first-order valence-corrected chi connectivity index (χ1v) is 6.33. The van der Waals surface area contributed by atoms with Crippen molar-refractivity contribution in [2.24, 2.45) is 5.92 Å². The first-order chi connectivity index (χ1) is 6.83. The summed E-state index contributed by atoms with van der Waals surface area (Å²) in [6.45, 7) is 2.31. The first kappa shape index (κ1) is 11.9. The van der Waals surface area contributed by atoms with E-state index in [-0.39, 0.29) is 5.97 Å². The smallest absolute Gasteiger partial charge is 0.306 e. The number of thioether (sulfide) groups is 1. The van der Waals surface area contributed by atoms with Crippen LogP contribution in [0.15, 0.2) is 0 Å². The number of hydrogen-bond acceptors (Lipinski definition) is 4. The maximum Gasteiger partial charge on any atom is 0.306 e. The molecular formula is C10H19NO2S. The van der Waals surface area contributed by atoms with Gasteiger partial charge in [-0.05, 0) is 37.6 Å². The van der Waals surface area contributed by atoms with Gasteiger partial charge < -0.3 is 10.1 Å². The molecule has 0 aromatic rings. The van der Waals surface area contributed by atoms with Gasteiger partial charge in [0.1, 0.15) is 0 Å². The molecular weight excluding hydrogens is 198 g/mol. The Labute approximate surface area is 90.0 Å². The van der Waals surface area contributed by atoms with E-state index in [2.05, 4.69) is 10.1 Å². The van der Waals surface area contributed by atoms with Gasteiger partial charge in [-0.3, -0.25) is 4.79 Å². The summed E-state index contributed by atoms with van der Waals surface area (Å²) in [5.74, 6) is 2.76. The summed E-state index contributed by atoms with van der Waals surface area (Å²) in [5.41, 5.74) is 0. The zero-order valence-corrected chi connectivity index (χ0v) is 9.57. The zero-order valence-electron chi connectivity index (χ0n) is 8.75. The molecule has 0 unspecified atom stereocenters. The topological polar surface area (TPSA) is 38.3 Å². The Bertz CT molecular complexity index is 170. The number of hydrogen-bond donors (Lipinski definition) is 1. The van der Waals surface area contributed by atoms with Gasteiger partial charge in [0.05, 0.1) is 13.5 Å². The van der Waals surface area contributed by atoms with Crippen LogP contribution in [0.4, 0.5) is 0 Å². The molecule has 4 heteroatoms. The number of ether oxygens (including phenoxy) is 1. The van der Waals surface area contributed by atoms with Crippen LogP contribution < -0.4 is 5.32 Å². The van der Waals surface area contributed by atoms with Crippen LogP contribution >= 0.6 is 11.8 Å². The lowest BCUT2D eigenvalue weighted by atomic mass is 10.0. The van der Waals surface area contributed by atoms with Crippen molar-refractivity contribution in [3.05, 3.63) is 0 Å². The maximum atomic E-state index is 10.8. The van der Waals surface area contributed by atoms with Crippen LogP contribution in [0.5, 0.6) is 0 Å². The number of methoxy groups -OCH3 is 1. The lowest BCUT2D eigenvalue weighted by Gasteiger charge is -2.22. The van der Waals surface area contributed by atoms with Crippen LogP contribution in [0.25, 0.3) is 0 Å². The number of nitrogens with one attached hydrogen (secondary N) is 1. The molecule has 1 N–H and O–H groups in total. The molecule has 0 spiro atoms. The lowest BCUT2D eigenvalue weighted by Crippen LogP contribution is -2.31. The molecule has 0 radical (unpaired) electrons. The fraction of sp³-hybridized carbons (Fsp3) is 0.900. The first-order valence-electron chi connectivity index (χ1n) is 5.18. The third kappa shape index (κ3) is 4.86. The minimum atomic E-state index is -0.0979. The molecule has 1 saturated heterocycles. The molecule has 82 valence electrons. The number of piperidine rings is 1. The predicted octanol–water partition coefficient (Wildman–Crippen LogP) is 1.28. The van der Waals surface area contributed by atoms with Crippen molar-refractivity contribution >= 4 is 17.7 Å². The van der Waals surface area contributed by atoms with Gasteiger partial charge in [0.15, 0.2) is 0 Å². The fourth-order valence-corrected chi connectivity index (χ4v) is 2.67. The number of carbonyl (C=O) groups is 1. The molecule has 1 rings (SSSR count). The molecule has 0 aromatic carbocycles. The van der Waals surface area contributed by atoms with Gasteiger partial charge >= 0.3 is 5.97 Å². The van der Waals surface area contributed by atoms with Gasteiger partial charge in [-0.1, -0.05) is 0 Å². The van der Waals surface area contributed by atoms with Crippen LogP contribution in [-0.4, -0.2) is 37.7 Å². The summed E-state index contributed by atoms with van der Waals surface area (Å²) in [5, 5.41) is 3.39. The van der Waals surface area contributed by atoms with Gasteiger partial charge in [-0.2, -0.15) is 11.8 Å². The van der Waals surface area contributed by atoms with Crippen LogP contribution in [0.2, 0.25) is 0 Å². The van der Waals surface area contributed by atoms with Crippen LogP contribution in [0.1, 0.15) is 19.3 Å². The van der Waals surface area contributed by atoms with Crippen molar-refractivity contribution in [3.63, 3.8) is 0 Å². The van der Waals surface area contributed by atoms with Crippen molar-refractivity contribution in [2.45, 2.75) is 19.3 Å². The predicted molar refractivity (Wildman–Crippen MR) is 59.6 cm³/mol. The van der Waals surface area contributed by atoms with E-state index in [1.54, 1.807) is 0 Å². The van der Waals surface area contributed by atoms with E-state index in [0.717, 1.165) is 18.2 Å². The molecule has 1 atom stereocenters. The quantitative estimate of drug-likeness (QED) is 0.556. The van der Waals surface area contributed by atoms with E-state index < -0.39 is 0 Å². The standard InChI is InChI=1S/C10H19NO2S/c1-13-10(12)4-6-14-8-9-3-2-5-11-7-9/h9,11H,2-8H2,1H3/t9-/m1/s1. The van der Waals surface area contributed by atoms with Crippen LogP contribution in [0.3, 0.4) is 0 Å². The second-order valence-corrected chi connectivity index (χ2v) is 4.76. The van der Waals surface area contributed by atoms with E-state index in [0.29, 0.717) is 6.42 Å². The SMILES string of the molecule is COC(=O)CCSC[C@@H]1CCCNC1. The highest BCUT2D eigenvalue weighted by Crippen LogP contribution is 2.16. The fourth-order valence-electron chi connectivity index (χ4n) is 1.57. The van der Waals surface area contributed by atoms with Gasteiger partial charge in [-0.15, -0.1) is 0 Å². The minimum absolute atomic E-state index is 0.0979. The lowest BCUT2D eigenvalue weighted by molar-refractivity contribution is -0.140. The monoisotopic (exact) mass is 217 g/mol. The highest BCUT2D eigenvalue weighted by molar-refractivity contribution is 7.99. The summed E-state index contributed by atoms with van der Waals surface area (Å²) in [4.78, 5) is 10.8. The van der Waals surface area contributed by atoms with Crippen LogP contribution in [0, 0.1) is 5.92 Å². The normalized spacial score (nSPS) is 21.9. The van der Waals surface area contributed by atoms with Gasteiger partial charge in [0, 0.05) is 5.75 Å². The number of rotatable bonds is 5. The Balaban J connectivity index is 1.94. The molecule has 0 saturated carbocycles. The van der Waals surface area contributed by atoms with Crippen molar-refractivity contribution in [2.75, 3.05) is 31.7 Å². The molecule has 1 aliphatic heterocycles. The van der Waals surface area contributed by atoms with Gasteiger partial charge in [0.2, 0.25) is 0 Å². The Morgan fingerprint density at radius 3 is 3.14 bits per heavy atom. The highest BCUT2D eigenvalue weighted by Gasteiger charge is 2.12.